The van der Waals surface area contributed by atoms with Crippen molar-refractivity contribution in [1.82, 2.24) is 9.80 Å². The average Bonchev–Trinajstić information content (AvgIpc) is 3.23. The Bertz CT molecular complexity index is 720. The van der Waals surface area contributed by atoms with Gasteiger partial charge in [0.05, 0.1) is 12.5 Å². The third-order valence-corrected chi connectivity index (χ3v) is 6.12. The number of benzene rings is 1. The van der Waals surface area contributed by atoms with Crippen molar-refractivity contribution < 1.29 is 23.1 Å². The molecule has 0 bridgehead atoms. The fourth-order valence-corrected chi connectivity index (χ4v) is 4.57. The van der Waals surface area contributed by atoms with Crippen LogP contribution < -0.4 is 0 Å². The first kappa shape index (κ1) is 18.3. The van der Waals surface area contributed by atoms with E-state index in [-0.39, 0.29) is 29.7 Å². The Kier molecular flexibility index (Phi) is 4.88. The molecule has 4 rings (SSSR count). The standard InChI is InChI=1S/C20H24F2N2O3/c21-16-7-14(8-17(22)9-16)11-24-13-20(10-18(24)25)2-4-23(5-3-20)19(26)15-1-6-27-12-15/h7-9,15H,1-6,10-13H2. The van der Waals surface area contributed by atoms with Crippen LogP contribution in [0, 0.1) is 23.0 Å². The third-order valence-electron chi connectivity index (χ3n) is 6.12. The van der Waals surface area contributed by atoms with E-state index < -0.39 is 11.6 Å². The molecular formula is C20H24F2N2O3. The summed E-state index contributed by atoms with van der Waals surface area (Å²) < 4.78 is 32.1. The van der Waals surface area contributed by atoms with E-state index >= 15 is 0 Å². The normalized spacial score (nSPS) is 24.8. The number of hydrogen-bond donors (Lipinski definition) is 0. The van der Waals surface area contributed by atoms with Gasteiger partial charge in [-0.1, -0.05) is 0 Å². The Morgan fingerprint density at radius 2 is 1.89 bits per heavy atom. The summed E-state index contributed by atoms with van der Waals surface area (Å²) in [6.45, 7) is 3.28. The van der Waals surface area contributed by atoms with Gasteiger partial charge in [-0.15, -0.1) is 0 Å². The van der Waals surface area contributed by atoms with Crippen LogP contribution in [0.3, 0.4) is 0 Å². The summed E-state index contributed by atoms with van der Waals surface area (Å²) in [5.74, 6) is -1.10. The van der Waals surface area contributed by atoms with Crippen LogP contribution >= 0.6 is 0 Å². The van der Waals surface area contributed by atoms with Gasteiger partial charge in [-0.05, 0) is 37.0 Å². The fraction of sp³-hybridized carbons (Fsp3) is 0.600. The van der Waals surface area contributed by atoms with E-state index in [2.05, 4.69) is 0 Å². The fourth-order valence-electron chi connectivity index (χ4n) is 4.57. The van der Waals surface area contributed by atoms with Crippen LogP contribution in [0.2, 0.25) is 0 Å². The number of amides is 2. The quantitative estimate of drug-likeness (QED) is 0.811. The smallest absolute Gasteiger partial charge is 0.228 e. The predicted octanol–water partition coefficient (Wildman–Crippen LogP) is 2.34. The molecule has 1 aromatic carbocycles. The molecule has 3 aliphatic rings. The lowest BCUT2D eigenvalue weighted by molar-refractivity contribution is -0.137. The van der Waals surface area contributed by atoms with Crippen molar-refractivity contribution in [3.05, 3.63) is 35.4 Å². The highest BCUT2D eigenvalue weighted by molar-refractivity contribution is 5.81. The molecule has 3 aliphatic heterocycles. The molecule has 3 heterocycles. The third kappa shape index (κ3) is 3.83. The van der Waals surface area contributed by atoms with E-state index in [1.165, 1.54) is 12.1 Å². The zero-order valence-corrected chi connectivity index (χ0v) is 15.3. The molecule has 0 aromatic heterocycles. The van der Waals surface area contributed by atoms with Gasteiger partial charge in [0.25, 0.3) is 0 Å². The minimum atomic E-state index is -0.630. The molecular weight excluding hydrogens is 354 g/mol. The lowest BCUT2D eigenvalue weighted by Gasteiger charge is -2.39. The van der Waals surface area contributed by atoms with Crippen LogP contribution in [0.25, 0.3) is 0 Å². The van der Waals surface area contributed by atoms with E-state index in [1.807, 2.05) is 4.90 Å². The molecule has 2 amide bonds. The number of carbonyl (C=O) groups is 2. The van der Waals surface area contributed by atoms with E-state index in [0.717, 1.165) is 25.3 Å². The Balaban J connectivity index is 1.37. The largest absolute Gasteiger partial charge is 0.381 e. The van der Waals surface area contributed by atoms with Crippen LogP contribution in [0.15, 0.2) is 18.2 Å². The molecule has 0 radical (unpaired) electrons. The van der Waals surface area contributed by atoms with Gasteiger partial charge in [0.1, 0.15) is 11.6 Å². The molecule has 146 valence electrons. The molecule has 0 N–H and O–H groups in total. The van der Waals surface area contributed by atoms with Gasteiger partial charge in [-0.2, -0.15) is 0 Å². The highest BCUT2D eigenvalue weighted by atomic mass is 19.1. The number of likely N-dealkylation sites (tertiary alicyclic amines) is 2. The van der Waals surface area contributed by atoms with E-state index in [9.17, 15) is 18.4 Å². The monoisotopic (exact) mass is 378 g/mol. The van der Waals surface area contributed by atoms with Gasteiger partial charge in [0.2, 0.25) is 11.8 Å². The van der Waals surface area contributed by atoms with Gasteiger partial charge in [0, 0.05) is 50.7 Å². The van der Waals surface area contributed by atoms with Crippen LogP contribution in [-0.2, 0) is 20.9 Å². The van der Waals surface area contributed by atoms with Crippen molar-refractivity contribution in [3.8, 4) is 0 Å². The van der Waals surface area contributed by atoms with E-state index in [1.54, 1.807) is 4.90 Å². The molecule has 7 heteroatoms. The van der Waals surface area contributed by atoms with Crippen molar-refractivity contribution in [2.45, 2.75) is 32.2 Å². The molecule has 27 heavy (non-hydrogen) atoms. The minimum Gasteiger partial charge on any atom is -0.381 e. The summed E-state index contributed by atoms with van der Waals surface area (Å²) in [7, 11) is 0. The lowest BCUT2D eigenvalue weighted by atomic mass is 9.77. The SMILES string of the molecule is O=C1CC2(CCN(C(=O)C3CCOC3)CC2)CN1Cc1cc(F)cc(F)c1. The zero-order valence-electron chi connectivity index (χ0n) is 15.3. The van der Waals surface area contributed by atoms with Gasteiger partial charge in [-0.25, -0.2) is 8.78 Å². The molecule has 0 aliphatic carbocycles. The number of hydrogen-bond acceptors (Lipinski definition) is 3. The van der Waals surface area contributed by atoms with Gasteiger partial charge in [0.15, 0.2) is 0 Å². The molecule has 1 aromatic rings. The molecule has 0 saturated carbocycles. The number of nitrogens with zero attached hydrogens (tertiary/aromatic N) is 2. The first-order chi connectivity index (χ1) is 12.9. The summed E-state index contributed by atoms with van der Waals surface area (Å²) in [6, 6.07) is 3.37. The maximum Gasteiger partial charge on any atom is 0.228 e. The molecule has 3 fully saturated rings. The second-order valence-corrected chi connectivity index (χ2v) is 8.09. The predicted molar refractivity (Wildman–Crippen MR) is 93.6 cm³/mol. The molecule has 5 nitrogen and oxygen atoms in total. The molecule has 1 spiro atoms. The summed E-state index contributed by atoms with van der Waals surface area (Å²) >= 11 is 0. The van der Waals surface area contributed by atoms with Crippen molar-refractivity contribution in [2.24, 2.45) is 11.3 Å². The second-order valence-electron chi connectivity index (χ2n) is 8.09. The summed E-state index contributed by atoms with van der Waals surface area (Å²) in [6.07, 6.45) is 2.80. The summed E-state index contributed by atoms with van der Waals surface area (Å²) in [5, 5.41) is 0. The minimum absolute atomic E-state index is 0.0173. The molecule has 1 atom stereocenters. The van der Waals surface area contributed by atoms with E-state index in [0.29, 0.717) is 44.8 Å². The van der Waals surface area contributed by atoms with Crippen LogP contribution in [-0.4, -0.2) is 54.5 Å². The first-order valence-corrected chi connectivity index (χ1v) is 9.53. The van der Waals surface area contributed by atoms with Crippen LogP contribution in [0.4, 0.5) is 8.78 Å². The molecule has 1 unspecified atom stereocenters. The van der Waals surface area contributed by atoms with Crippen LogP contribution in [0.1, 0.15) is 31.2 Å². The van der Waals surface area contributed by atoms with E-state index in [4.69, 9.17) is 4.74 Å². The van der Waals surface area contributed by atoms with Crippen molar-refractivity contribution >= 4 is 11.8 Å². The van der Waals surface area contributed by atoms with Gasteiger partial charge in [-0.3, -0.25) is 9.59 Å². The summed E-state index contributed by atoms with van der Waals surface area (Å²) in [4.78, 5) is 28.6. The lowest BCUT2D eigenvalue weighted by Crippen LogP contribution is -2.46. The number of piperidine rings is 1. The number of rotatable bonds is 3. The van der Waals surface area contributed by atoms with Crippen molar-refractivity contribution in [2.75, 3.05) is 32.8 Å². The maximum atomic E-state index is 13.4. The Morgan fingerprint density at radius 3 is 2.52 bits per heavy atom. The summed E-state index contributed by atoms with van der Waals surface area (Å²) in [5.41, 5.74) is 0.332. The van der Waals surface area contributed by atoms with Crippen molar-refractivity contribution in [1.29, 1.82) is 0 Å². The zero-order chi connectivity index (χ0) is 19.0. The van der Waals surface area contributed by atoms with Gasteiger partial charge >= 0.3 is 0 Å². The Morgan fingerprint density at radius 1 is 1.19 bits per heavy atom. The number of carbonyl (C=O) groups excluding carboxylic acids is 2. The Labute approximate surface area is 157 Å². The number of halogens is 2. The average molecular weight is 378 g/mol. The second kappa shape index (κ2) is 7.19. The van der Waals surface area contributed by atoms with Crippen molar-refractivity contribution in [3.63, 3.8) is 0 Å². The Hall–Kier alpha value is -2.02. The first-order valence-electron chi connectivity index (χ1n) is 9.53. The highest BCUT2D eigenvalue weighted by Gasteiger charge is 2.46. The van der Waals surface area contributed by atoms with Gasteiger partial charge < -0.3 is 14.5 Å². The number of ether oxygens (including phenoxy) is 1. The topological polar surface area (TPSA) is 49.9 Å². The molecule has 3 saturated heterocycles. The van der Waals surface area contributed by atoms with Crippen LogP contribution in [0.5, 0.6) is 0 Å². The highest BCUT2D eigenvalue weighted by Crippen LogP contribution is 2.42. The maximum absolute atomic E-state index is 13.4.